The van der Waals surface area contributed by atoms with E-state index in [-0.39, 0.29) is 11.3 Å². The molecule has 2 nitrogen and oxygen atoms in total. The zero-order valence-electron chi connectivity index (χ0n) is 9.90. The van der Waals surface area contributed by atoms with Gasteiger partial charge in [0.2, 0.25) is 0 Å². The summed E-state index contributed by atoms with van der Waals surface area (Å²) in [7, 11) is 0. The molecule has 19 heavy (non-hydrogen) atoms. The highest BCUT2D eigenvalue weighted by molar-refractivity contribution is 7.14. The summed E-state index contributed by atoms with van der Waals surface area (Å²) in [5, 5.41) is 11.6. The summed E-state index contributed by atoms with van der Waals surface area (Å²) >= 11 is 0.578. The van der Waals surface area contributed by atoms with E-state index in [4.69, 9.17) is 5.21 Å². The number of rotatable bonds is 2. The summed E-state index contributed by atoms with van der Waals surface area (Å²) in [5.41, 5.74) is 0.761. The first kappa shape index (κ1) is 13.6. The lowest BCUT2D eigenvalue weighted by molar-refractivity contribution is -0.133. The monoisotopic (exact) mass is 285 g/mol. The Bertz CT molecular complexity index is 602. The quantitative estimate of drug-likeness (QED) is 0.487. The lowest BCUT2D eigenvalue weighted by Crippen LogP contribution is -2.03. The van der Waals surface area contributed by atoms with E-state index < -0.39 is 11.1 Å². The van der Waals surface area contributed by atoms with Crippen molar-refractivity contribution in [3.63, 3.8) is 0 Å². The highest BCUT2D eigenvalue weighted by Crippen LogP contribution is 2.42. The van der Waals surface area contributed by atoms with Crippen LogP contribution < -0.4 is 0 Å². The molecule has 0 radical (unpaired) electrons. The topological polar surface area (TPSA) is 32.6 Å². The van der Waals surface area contributed by atoms with E-state index in [1.165, 1.54) is 13.0 Å². The number of benzene rings is 1. The van der Waals surface area contributed by atoms with Crippen molar-refractivity contribution < 1.29 is 18.4 Å². The summed E-state index contributed by atoms with van der Waals surface area (Å²) in [6.45, 7) is 1.46. The maximum atomic E-state index is 13.0. The van der Waals surface area contributed by atoms with Crippen LogP contribution in [0, 0.1) is 0 Å². The Morgan fingerprint density at radius 2 is 1.84 bits per heavy atom. The summed E-state index contributed by atoms with van der Waals surface area (Å²) in [6.07, 6.45) is -4.43. The molecule has 0 saturated carbocycles. The van der Waals surface area contributed by atoms with E-state index in [0.29, 0.717) is 21.8 Å². The maximum Gasteiger partial charge on any atom is 0.426 e. The van der Waals surface area contributed by atoms with Crippen molar-refractivity contribution in [2.75, 3.05) is 0 Å². The third kappa shape index (κ3) is 2.78. The smallest absolute Gasteiger partial charge is 0.411 e. The molecule has 6 heteroatoms. The molecule has 1 aromatic heterocycles. The minimum Gasteiger partial charge on any atom is -0.411 e. The van der Waals surface area contributed by atoms with Crippen molar-refractivity contribution in [2.24, 2.45) is 5.16 Å². The predicted octanol–water partition coefficient (Wildman–Crippen LogP) is 4.63. The predicted molar refractivity (Wildman–Crippen MR) is 68.8 cm³/mol. The van der Waals surface area contributed by atoms with E-state index in [1.807, 2.05) is 0 Å². The Hall–Kier alpha value is -1.82. The Balaban J connectivity index is 2.62. The van der Waals surface area contributed by atoms with Gasteiger partial charge in [-0.1, -0.05) is 35.5 Å². The van der Waals surface area contributed by atoms with Gasteiger partial charge in [-0.3, -0.25) is 0 Å². The fourth-order valence-electron chi connectivity index (χ4n) is 1.66. The molecule has 0 fully saturated rings. The van der Waals surface area contributed by atoms with E-state index >= 15 is 0 Å². The van der Waals surface area contributed by atoms with Crippen LogP contribution >= 0.6 is 11.3 Å². The van der Waals surface area contributed by atoms with Gasteiger partial charge in [-0.05, 0) is 18.6 Å². The molecule has 0 aliphatic rings. The number of thiophene rings is 1. The minimum atomic E-state index is -4.43. The van der Waals surface area contributed by atoms with Gasteiger partial charge in [0.25, 0.3) is 0 Å². The lowest BCUT2D eigenvalue weighted by atomic mass is 10.1. The number of nitrogens with zero attached hydrogens (tertiary/aromatic N) is 1. The summed E-state index contributed by atoms with van der Waals surface area (Å²) in [4.78, 5) is -0.384. The molecule has 1 aromatic carbocycles. The first-order valence-electron chi connectivity index (χ1n) is 5.39. The van der Waals surface area contributed by atoms with Gasteiger partial charge in [-0.25, -0.2) is 0 Å². The lowest BCUT2D eigenvalue weighted by Gasteiger charge is -2.07. The van der Waals surface area contributed by atoms with Gasteiger partial charge in [0.05, 0.1) is 10.6 Å². The van der Waals surface area contributed by atoms with Crippen LogP contribution in [-0.4, -0.2) is 10.9 Å². The Morgan fingerprint density at radius 1 is 1.21 bits per heavy atom. The van der Waals surface area contributed by atoms with Gasteiger partial charge in [-0.15, -0.1) is 11.3 Å². The van der Waals surface area contributed by atoms with Gasteiger partial charge in [0.15, 0.2) is 0 Å². The van der Waals surface area contributed by atoms with Crippen LogP contribution in [0.5, 0.6) is 0 Å². The largest absolute Gasteiger partial charge is 0.426 e. The molecular formula is C13H10F3NOS. The van der Waals surface area contributed by atoms with Gasteiger partial charge >= 0.3 is 6.18 Å². The molecule has 0 unspecified atom stereocenters. The highest BCUT2D eigenvalue weighted by atomic mass is 32.1. The number of hydrogen-bond donors (Lipinski definition) is 1. The molecule has 0 aliphatic carbocycles. The van der Waals surface area contributed by atoms with Crippen LogP contribution in [0.3, 0.4) is 0 Å². The highest BCUT2D eigenvalue weighted by Gasteiger charge is 2.36. The first-order valence-corrected chi connectivity index (χ1v) is 6.20. The Morgan fingerprint density at radius 3 is 2.37 bits per heavy atom. The number of oxime groups is 1. The van der Waals surface area contributed by atoms with Crippen molar-refractivity contribution in [1.29, 1.82) is 0 Å². The minimum absolute atomic E-state index is 0.108. The maximum absolute atomic E-state index is 13.0. The molecule has 0 atom stereocenters. The average Bonchev–Trinajstić information content (AvgIpc) is 2.84. The van der Waals surface area contributed by atoms with E-state index in [0.717, 1.165) is 0 Å². The van der Waals surface area contributed by atoms with Gasteiger partial charge < -0.3 is 5.21 Å². The van der Waals surface area contributed by atoms with Crippen molar-refractivity contribution in [3.05, 3.63) is 46.2 Å². The second-order valence-corrected chi connectivity index (χ2v) is 4.95. The number of hydrogen-bond acceptors (Lipinski definition) is 3. The fraction of sp³-hybridized carbons (Fsp3) is 0.154. The van der Waals surface area contributed by atoms with Crippen LogP contribution in [-0.2, 0) is 6.18 Å². The normalized spacial score (nSPS) is 12.7. The third-order valence-electron chi connectivity index (χ3n) is 2.58. The molecule has 0 amide bonds. The van der Waals surface area contributed by atoms with Gasteiger partial charge in [0.1, 0.15) is 4.88 Å². The van der Waals surface area contributed by atoms with Crippen LogP contribution in [0.15, 0.2) is 41.6 Å². The van der Waals surface area contributed by atoms with Crippen molar-refractivity contribution in [2.45, 2.75) is 13.1 Å². The van der Waals surface area contributed by atoms with Gasteiger partial charge in [-0.2, -0.15) is 13.2 Å². The third-order valence-corrected chi connectivity index (χ3v) is 3.87. The molecule has 0 saturated heterocycles. The molecular weight excluding hydrogens is 275 g/mol. The van der Waals surface area contributed by atoms with Crippen LogP contribution in [0.4, 0.5) is 13.2 Å². The molecule has 2 rings (SSSR count). The van der Waals surface area contributed by atoms with Crippen molar-refractivity contribution in [1.82, 2.24) is 0 Å². The molecule has 0 aliphatic heterocycles. The zero-order valence-corrected chi connectivity index (χ0v) is 10.7. The molecule has 0 spiro atoms. The van der Waals surface area contributed by atoms with E-state index in [2.05, 4.69) is 5.16 Å². The summed E-state index contributed by atoms with van der Waals surface area (Å²) in [5.74, 6) is 0. The number of alkyl halides is 3. The summed E-state index contributed by atoms with van der Waals surface area (Å²) in [6, 6.07) is 9.74. The second kappa shape index (κ2) is 5.05. The molecule has 1 heterocycles. The standard InChI is InChI=1S/C13H10F3NOS/c1-8(17-18)11-7-10(9-5-3-2-4-6-9)12(19-11)13(14,15)16/h2-7,18H,1H3. The molecule has 100 valence electrons. The van der Waals surface area contributed by atoms with Crippen molar-refractivity contribution in [3.8, 4) is 11.1 Å². The van der Waals surface area contributed by atoms with Crippen LogP contribution in [0.25, 0.3) is 11.1 Å². The second-order valence-electron chi connectivity index (χ2n) is 3.90. The average molecular weight is 285 g/mol. The SMILES string of the molecule is CC(=NO)c1cc(-c2ccccc2)c(C(F)(F)F)s1. The first-order chi connectivity index (χ1) is 8.93. The van der Waals surface area contributed by atoms with Crippen LogP contribution in [0.2, 0.25) is 0 Å². The van der Waals surface area contributed by atoms with E-state index in [1.54, 1.807) is 30.3 Å². The zero-order chi connectivity index (χ0) is 14.0. The molecule has 1 N–H and O–H groups in total. The molecule has 0 bridgehead atoms. The van der Waals surface area contributed by atoms with Gasteiger partial charge in [0, 0.05) is 5.56 Å². The molecule has 2 aromatic rings. The number of halogens is 3. The van der Waals surface area contributed by atoms with Crippen molar-refractivity contribution >= 4 is 17.0 Å². The Kier molecular flexibility index (Phi) is 3.61. The summed E-state index contributed by atoms with van der Waals surface area (Å²) < 4.78 is 39.1. The fourth-order valence-corrected chi connectivity index (χ4v) is 2.65. The van der Waals surface area contributed by atoms with E-state index in [9.17, 15) is 13.2 Å². The van der Waals surface area contributed by atoms with Crippen LogP contribution in [0.1, 0.15) is 16.7 Å². The Labute approximate surface area is 111 Å².